The molecule has 0 saturated carbocycles. The van der Waals surface area contributed by atoms with E-state index in [1.54, 1.807) is 11.8 Å². The minimum Gasteiger partial charge on any atom is -0.392 e. The van der Waals surface area contributed by atoms with Crippen molar-refractivity contribution >= 4 is 17.6 Å². The van der Waals surface area contributed by atoms with Crippen LogP contribution in [0.1, 0.15) is 24.5 Å². The van der Waals surface area contributed by atoms with E-state index in [2.05, 4.69) is 23.3 Å². The number of pyridine rings is 1. The number of nitrogens with one attached hydrogen (secondary N) is 1. The largest absolute Gasteiger partial charge is 0.392 e. The van der Waals surface area contributed by atoms with Crippen LogP contribution in [0.4, 0.5) is 5.82 Å². The van der Waals surface area contributed by atoms with Crippen LogP contribution in [0.25, 0.3) is 0 Å². The lowest BCUT2D eigenvalue weighted by Crippen LogP contribution is -2.01. The fraction of sp³-hybridized carbons (Fsp3) is 0.312. The van der Waals surface area contributed by atoms with Crippen LogP contribution in [0, 0.1) is 0 Å². The molecular formula is C16H20N2OS. The Hall–Kier alpha value is -1.52. The summed E-state index contributed by atoms with van der Waals surface area (Å²) < 4.78 is 0. The minimum atomic E-state index is 0.0990. The predicted octanol–water partition coefficient (Wildman–Crippen LogP) is 3.69. The van der Waals surface area contributed by atoms with Gasteiger partial charge in [0.25, 0.3) is 0 Å². The second kappa shape index (κ2) is 7.92. The van der Waals surface area contributed by atoms with Gasteiger partial charge in [-0.15, -0.1) is 11.8 Å². The van der Waals surface area contributed by atoms with Gasteiger partial charge in [-0.05, 0) is 41.8 Å². The van der Waals surface area contributed by atoms with Crippen LogP contribution in [0.2, 0.25) is 0 Å². The lowest BCUT2D eigenvalue weighted by Gasteiger charge is -2.06. The molecule has 0 amide bonds. The summed E-state index contributed by atoms with van der Waals surface area (Å²) in [6, 6.07) is 12.2. The van der Waals surface area contributed by atoms with E-state index >= 15 is 0 Å². The number of hydrogen-bond donors (Lipinski definition) is 2. The third-order valence-corrected chi connectivity index (χ3v) is 3.98. The molecule has 0 bridgehead atoms. The predicted molar refractivity (Wildman–Crippen MR) is 84.9 cm³/mol. The van der Waals surface area contributed by atoms with Crippen LogP contribution >= 0.6 is 11.8 Å². The molecule has 0 atom stereocenters. The summed E-state index contributed by atoms with van der Waals surface area (Å²) in [5.41, 5.74) is 2.21. The molecule has 1 aromatic carbocycles. The van der Waals surface area contributed by atoms with E-state index in [9.17, 15) is 0 Å². The van der Waals surface area contributed by atoms with Crippen molar-refractivity contribution in [3.05, 3.63) is 53.7 Å². The standard InChI is InChI=1S/C16H20N2OS/c1-2-8-17-16-10-14(7-9-18-16)12-20-15-5-3-13(11-19)4-6-15/h3-7,9-10,19H,2,8,11-12H2,1H3,(H,17,18). The van der Waals surface area contributed by atoms with Gasteiger partial charge in [-0.25, -0.2) is 4.98 Å². The molecule has 4 heteroatoms. The van der Waals surface area contributed by atoms with Crippen molar-refractivity contribution in [1.29, 1.82) is 0 Å². The molecule has 0 aliphatic carbocycles. The van der Waals surface area contributed by atoms with E-state index in [0.29, 0.717) is 0 Å². The Bertz CT molecular complexity index is 528. The van der Waals surface area contributed by atoms with Crippen molar-refractivity contribution in [2.24, 2.45) is 0 Å². The van der Waals surface area contributed by atoms with Crippen molar-refractivity contribution in [2.45, 2.75) is 30.6 Å². The highest BCUT2D eigenvalue weighted by Crippen LogP contribution is 2.23. The molecule has 2 aromatic rings. The average molecular weight is 288 g/mol. The first-order valence-corrected chi connectivity index (χ1v) is 7.81. The second-order valence-corrected chi connectivity index (χ2v) is 5.62. The van der Waals surface area contributed by atoms with Gasteiger partial charge in [-0.2, -0.15) is 0 Å². The summed E-state index contributed by atoms with van der Waals surface area (Å²) in [5.74, 6) is 1.86. The number of aliphatic hydroxyl groups excluding tert-OH is 1. The zero-order valence-corrected chi connectivity index (χ0v) is 12.5. The van der Waals surface area contributed by atoms with E-state index in [1.807, 2.05) is 36.5 Å². The molecule has 2 N–H and O–H groups in total. The SMILES string of the molecule is CCCNc1cc(CSc2ccc(CO)cc2)ccn1. The molecule has 106 valence electrons. The van der Waals surface area contributed by atoms with Crippen molar-refractivity contribution in [1.82, 2.24) is 4.98 Å². The Morgan fingerprint density at radius 2 is 1.95 bits per heavy atom. The van der Waals surface area contributed by atoms with Crippen LogP contribution < -0.4 is 5.32 Å². The monoisotopic (exact) mass is 288 g/mol. The fourth-order valence-electron chi connectivity index (χ4n) is 1.77. The fourth-order valence-corrected chi connectivity index (χ4v) is 2.61. The zero-order chi connectivity index (χ0) is 14.2. The van der Waals surface area contributed by atoms with Gasteiger partial charge in [0.1, 0.15) is 5.82 Å². The maximum Gasteiger partial charge on any atom is 0.126 e. The third kappa shape index (κ3) is 4.54. The Kier molecular flexibility index (Phi) is 5.89. The minimum absolute atomic E-state index is 0.0990. The molecule has 0 aliphatic heterocycles. The molecule has 3 nitrogen and oxygen atoms in total. The van der Waals surface area contributed by atoms with Gasteiger partial charge in [0.2, 0.25) is 0 Å². The summed E-state index contributed by atoms with van der Waals surface area (Å²) in [5, 5.41) is 12.3. The molecule has 1 aromatic heterocycles. The first-order valence-electron chi connectivity index (χ1n) is 6.83. The lowest BCUT2D eigenvalue weighted by molar-refractivity contribution is 0.282. The Labute approximate surface area is 124 Å². The van der Waals surface area contributed by atoms with Crippen LogP contribution in [0.15, 0.2) is 47.5 Å². The number of anilines is 1. The third-order valence-electron chi connectivity index (χ3n) is 2.89. The molecule has 0 fully saturated rings. The molecule has 0 aliphatic rings. The number of benzene rings is 1. The van der Waals surface area contributed by atoms with Crippen molar-refractivity contribution in [3.63, 3.8) is 0 Å². The first-order chi connectivity index (χ1) is 9.81. The normalized spacial score (nSPS) is 10.5. The molecule has 0 radical (unpaired) electrons. The smallest absolute Gasteiger partial charge is 0.126 e. The Morgan fingerprint density at radius 3 is 2.65 bits per heavy atom. The van der Waals surface area contributed by atoms with Gasteiger partial charge >= 0.3 is 0 Å². The molecule has 20 heavy (non-hydrogen) atoms. The van der Waals surface area contributed by atoms with Gasteiger partial charge in [0.05, 0.1) is 6.61 Å². The summed E-state index contributed by atoms with van der Waals surface area (Å²) in [7, 11) is 0. The quantitative estimate of drug-likeness (QED) is 0.763. The zero-order valence-electron chi connectivity index (χ0n) is 11.7. The number of aliphatic hydroxyl groups is 1. The molecular weight excluding hydrogens is 268 g/mol. The van der Waals surface area contributed by atoms with Gasteiger partial charge in [-0.3, -0.25) is 0 Å². The van der Waals surface area contributed by atoms with E-state index < -0.39 is 0 Å². The topological polar surface area (TPSA) is 45.1 Å². The highest BCUT2D eigenvalue weighted by molar-refractivity contribution is 7.98. The van der Waals surface area contributed by atoms with Crippen LogP contribution in [0.5, 0.6) is 0 Å². The van der Waals surface area contributed by atoms with Gasteiger partial charge in [0, 0.05) is 23.4 Å². The molecule has 1 heterocycles. The van der Waals surface area contributed by atoms with E-state index in [-0.39, 0.29) is 6.61 Å². The van der Waals surface area contributed by atoms with Gasteiger partial charge in [0.15, 0.2) is 0 Å². The number of thioether (sulfide) groups is 1. The highest BCUT2D eigenvalue weighted by atomic mass is 32.2. The average Bonchev–Trinajstić information content (AvgIpc) is 2.52. The highest BCUT2D eigenvalue weighted by Gasteiger charge is 1.99. The number of rotatable bonds is 7. The molecule has 0 saturated heterocycles. The summed E-state index contributed by atoms with van der Waals surface area (Å²) >= 11 is 1.79. The summed E-state index contributed by atoms with van der Waals surface area (Å²) in [6.45, 7) is 3.19. The Morgan fingerprint density at radius 1 is 1.15 bits per heavy atom. The van der Waals surface area contributed by atoms with E-state index in [0.717, 1.165) is 30.1 Å². The number of aromatic nitrogens is 1. The van der Waals surface area contributed by atoms with Crippen LogP contribution in [0.3, 0.4) is 0 Å². The van der Waals surface area contributed by atoms with Gasteiger partial charge < -0.3 is 10.4 Å². The first kappa shape index (κ1) is 14.9. The number of nitrogens with zero attached hydrogens (tertiary/aromatic N) is 1. The maximum atomic E-state index is 9.02. The Balaban J connectivity index is 1.92. The summed E-state index contributed by atoms with van der Waals surface area (Å²) in [6.07, 6.45) is 2.95. The maximum absolute atomic E-state index is 9.02. The summed E-state index contributed by atoms with van der Waals surface area (Å²) in [4.78, 5) is 5.52. The van der Waals surface area contributed by atoms with E-state index in [4.69, 9.17) is 5.11 Å². The number of hydrogen-bond acceptors (Lipinski definition) is 4. The van der Waals surface area contributed by atoms with Crippen molar-refractivity contribution in [3.8, 4) is 0 Å². The van der Waals surface area contributed by atoms with E-state index in [1.165, 1.54) is 10.5 Å². The second-order valence-electron chi connectivity index (χ2n) is 4.57. The molecule has 0 unspecified atom stereocenters. The van der Waals surface area contributed by atoms with Gasteiger partial charge in [-0.1, -0.05) is 19.1 Å². The van der Waals surface area contributed by atoms with Crippen LogP contribution in [-0.4, -0.2) is 16.6 Å². The van der Waals surface area contributed by atoms with Crippen molar-refractivity contribution in [2.75, 3.05) is 11.9 Å². The molecule has 0 spiro atoms. The van der Waals surface area contributed by atoms with Crippen molar-refractivity contribution < 1.29 is 5.11 Å². The lowest BCUT2D eigenvalue weighted by atomic mass is 10.2. The molecule has 2 rings (SSSR count). The van der Waals surface area contributed by atoms with Crippen LogP contribution in [-0.2, 0) is 12.4 Å².